The van der Waals surface area contributed by atoms with Gasteiger partial charge in [-0.3, -0.25) is 5.10 Å². The molecule has 5 nitrogen and oxygen atoms in total. The number of hydrogen-bond acceptors (Lipinski definition) is 4. The van der Waals surface area contributed by atoms with Crippen LogP contribution >= 0.6 is 0 Å². The molecule has 5 heteroatoms. The number of fused-ring (bicyclic) bond motifs is 1. The fourth-order valence-corrected chi connectivity index (χ4v) is 1.20. The van der Waals surface area contributed by atoms with Crippen LogP contribution in [0.5, 0.6) is 0 Å². The molecular weight excluding hydrogens is 252 g/mol. The lowest BCUT2D eigenvalue weighted by atomic mass is 10.2. The second kappa shape index (κ2) is 17.1. The first-order valence-electron chi connectivity index (χ1n) is 6.97. The van der Waals surface area contributed by atoms with Crippen LogP contribution in [0.2, 0.25) is 0 Å². The van der Waals surface area contributed by atoms with Crippen LogP contribution in [0.3, 0.4) is 0 Å². The van der Waals surface area contributed by atoms with Crippen molar-refractivity contribution in [3.63, 3.8) is 0 Å². The Kier molecular flexibility index (Phi) is 19.8. The van der Waals surface area contributed by atoms with Crippen LogP contribution in [-0.2, 0) is 0 Å². The number of pyridine rings is 1. The van der Waals surface area contributed by atoms with Crippen LogP contribution in [0.15, 0.2) is 12.3 Å². The van der Waals surface area contributed by atoms with Crippen LogP contribution in [-0.4, -0.2) is 27.4 Å². The number of aromatic amines is 1. The molecule has 0 fully saturated rings. The SMILES string of the molecule is CC.CC.CC.CO.Cc1[nH]nc2ccnc(C#N)c12. The Morgan fingerprint density at radius 3 is 2.05 bits per heavy atom. The van der Waals surface area contributed by atoms with E-state index in [0.717, 1.165) is 23.7 Å². The first kappa shape index (κ1) is 23.2. The predicted octanol–water partition coefficient (Wildman–Crippen LogP) is 3.83. The number of H-pyrrole nitrogens is 1. The van der Waals surface area contributed by atoms with E-state index in [1.807, 2.05) is 54.5 Å². The number of nitrogens with zero attached hydrogens (tertiary/aromatic N) is 3. The number of aromatic nitrogens is 3. The van der Waals surface area contributed by atoms with Crippen LogP contribution in [0, 0.1) is 18.3 Å². The molecule has 20 heavy (non-hydrogen) atoms. The lowest BCUT2D eigenvalue weighted by Gasteiger charge is -1.90. The quantitative estimate of drug-likeness (QED) is 0.768. The summed E-state index contributed by atoms with van der Waals surface area (Å²) in [6.45, 7) is 13.9. The molecule has 0 aliphatic heterocycles. The summed E-state index contributed by atoms with van der Waals surface area (Å²) < 4.78 is 0. The Bertz CT molecular complexity index is 472. The molecule has 114 valence electrons. The van der Waals surface area contributed by atoms with Crippen molar-refractivity contribution in [3.05, 3.63) is 23.7 Å². The minimum absolute atomic E-state index is 0.429. The van der Waals surface area contributed by atoms with E-state index in [-0.39, 0.29) is 0 Å². The Balaban J connectivity index is -0.000000314. The van der Waals surface area contributed by atoms with Gasteiger partial charge in [-0.1, -0.05) is 41.5 Å². The molecule has 0 amide bonds. The van der Waals surface area contributed by atoms with E-state index in [9.17, 15) is 0 Å². The summed E-state index contributed by atoms with van der Waals surface area (Å²) in [7, 11) is 1.00. The van der Waals surface area contributed by atoms with E-state index in [1.165, 1.54) is 0 Å². The molecule has 2 aromatic rings. The highest BCUT2D eigenvalue weighted by Gasteiger charge is 2.06. The maximum Gasteiger partial charge on any atom is 0.151 e. The van der Waals surface area contributed by atoms with Crippen molar-refractivity contribution >= 4 is 10.9 Å². The molecule has 0 aliphatic rings. The fraction of sp³-hybridized carbons (Fsp3) is 0.533. The van der Waals surface area contributed by atoms with Crippen LogP contribution in [0.1, 0.15) is 52.9 Å². The lowest BCUT2D eigenvalue weighted by Crippen LogP contribution is -1.83. The third-order valence-corrected chi connectivity index (χ3v) is 1.75. The van der Waals surface area contributed by atoms with Gasteiger partial charge >= 0.3 is 0 Å². The largest absolute Gasteiger partial charge is 0.400 e. The maximum absolute atomic E-state index is 8.72. The summed E-state index contributed by atoms with van der Waals surface area (Å²) in [5, 5.41) is 23.4. The van der Waals surface area contributed by atoms with Crippen LogP contribution < -0.4 is 0 Å². The van der Waals surface area contributed by atoms with Gasteiger partial charge in [0.2, 0.25) is 0 Å². The Labute approximate surface area is 122 Å². The molecule has 0 radical (unpaired) electrons. The molecule has 0 saturated heterocycles. The number of aryl methyl sites for hydroxylation is 1. The van der Waals surface area contributed by atoms with E-state index in [4.69, 9.17) is 10.4 Å². The van der Waals surface area contributed by atoms with Gasteiger partial charge in [-0.25, -0.2) is 4.98 Å². The van der Waals surface area contributed by atoms with Crippen molar-refractivity contribution in [3.8, 4) is 6.07 Å². The van der Waals surface area contributed by atoms with E-state index >= 15 is 0 Å². The number of hydrogen-bond donors (Lipinski definition) is 2. The van der Waals surface area contributed by atoms with Gasteiger partial charge in [0, 0.05) is 19.0 Å². The van der Waals surface area contributed by atoms with Crippen molar-refractivity contribution in [2.75, 3.05) is 7.11 Å². The minimum Gasteiger partial charge on any atom is -0.400 e. The molecule has 0 atom stereocenters. The van der Waals surface area contributed by atoms with Gasteiger partial charge in [0.15, 0.2) is 5.69 Å². The average molecular weight is 280 g/mol. The lowest BCUT2D eigenvalue weighted by molar-refractivity contribution is 0.399. The van der Waals surface area contributed by atoms with Crippen LogP contribution in [0.4, 0.5) is 0 Å². The number of nitrogens with one attached hydrogen (secondary N) is 1. The number of nitriles is 1. The molecular formula is C15H28N4O. The van der Waals surface area contributed by atoms with Gasteiger partial charge in [0.05, 0.1) is 10.9 Å². The minimum atomic E-state index is 0.429. The summed E-state index contributed by atoms with van der Waals surface area (Å²) in [5.41, 5.74) is 2.10. The average Bonchev–Trinajstić information content (AvgIpc) is 2.96. The molecule has 0 spiro atoms. The smallest absolute Gasteiger partial charge is 0.151 e. The zero-order valence-corrected chi connectivity index (χ0v) is 13.9. The molecule has 0 bridgehead atoms. The second-order valence-electron chi connectivity index (χ2n) is 2.51. The topological polar surface area (TPSA) is 85.6 Å². The molecule has 0 saturated carbocycles. The van der Waals surface area contributed by atoms with E-state index in [2.05, 4.69) is 15.2 Å². The van der Waals surface area contributed by atoms with E-state index < -0.39 is 0 Å². The normalized spacial score (nSPS) is 7.20. The second-order valence-corrected chi connectivity index (χ2v) is 2.51. The summed E-state index contributed by atoms with van der Waals surface area (Å²) in [4.78, 5) is 3.94. The predicted molar refractivity (Wildman–Crippen MR) is 85.5 cm³/mol. The highest BCUT2D eigenvalue weighted by Crippen LogP contribution is 2.16. The van der Waals surface area contributed by atoms with Gasteiger partial charge < -0.3 is 5.11 Å². The van der Waals surface area contributed by atoms with Crippen LogP contribution in [0.25, 0.3) is 10.9 Å². The zero-order chi connectivity index (χ0) is 16.6. The molecule has 2 rings (SSSR count). The number of rotatable bonds is 0. The standard InChI is InChI=1S/C8H6N4.3C2H6.CH4O/c1-5-8-6(12-11-5)2-3-10-7(8)4-9;4*1-2/h2-3H,1H3,(H,11,12);3*1-2H3;2H,1H3. The first-order valence-corrected chi connectivity index (χ1v) is 6.97. The number of aliphatic hydroxyl groups excluding tert-OH is 1. The molecule has 2 heterocycles. The third-order valence-electron chi connectivity index (χ3n) is 1.75. The first-order chi connectivity index (χ1) is 9.83. The highest BCUT2D eigenvalue weighted by atomic mass is 16.2. The molecule has 2 aromatic heterocycles. The van der Waals surface area contributed by atoms with Crippen molar-refractivity contribution in [2.24, 2.45) is 0 Å². The van der Waals surface area contributed by atoms with Gasteiger partial charge in [-0.05, 0) is 13.0 Å². The maximum atomic E-state index is 8.72. The number of aliphatic hydroxyl groups is 1. The highest BCUT2D eigenvalue weighted by molar-refractivity contribution is 5.85. The molecule has 0 aromatic carbocycles. The van der Waals surface area contributed by atoms with E-state index in [1.54, 1.807) is 12.3 Å². The van der Waals surface area contributed by atoms with Crippen molar-refractivity contribution in [2.45, 2.75) is 48.5 Å². The zero-order valence-electron chi connectivity index (χ0n) is 13.9. The summed E-state index contributed by atoms with van der Waals surface area (Å²) >= 11 is 0. The molecule has 0 aliphatic carbocycles. The monoisotopic (exact) mass is 280 g/mol. The summed E-state index contributed by atoms with van der Waals surface area (Å²) in [6.07, 6.45) is 1.58. The Morgan fingerprint density at radius 2 is 1.60 bits per heavy atom. The van der Waals surface area contributed by atoms with Crippen molar-refractivity contribution in [1.29, 1.82) is 5.26 Å². The fourth-order valence-electron chi connectivity index (χ4n) is 1.20. The Morgan fingerprint density at radius 1 is 1.10 bits per heavy atom. The summed E-state index contributed by atoms with van der Waals surface area (Å²) in [5.74, 6) is 0. The van der Waals surface area contributed by atoms with Gasteiger partial charge in [0.1, 0.15) is 6.07 Å². The van der Waals surface area contributed by atoms with Crippen molar-refractivity contribution in [1.82, 2.24) is 15.2 Å². The molecule has 2 N–H and O–H groups in total. The molecule has 0 unspecified atom stereocenters. The van der Waals surface area contributed by atoms with Gasteiger partial charge in [-0.15, -0.1) is 0 Å². The van der Waals surface area contributed by atoms with Crippen molar-refractivity contribution < 1.29 is 5.11 Å². The third kappa shape index (κ3) is 6.86. The summed E-state index contributed by atoms with van der Waals surface area (Å²) in [6, 6.07) is 3.80. The Hall–Kier alpha value is -1.93. The van der Waals surface area contributed by atoms with Gasteiger partial charge in [-0.2, -0.15) is 10.4 Å². The van der Waals surface area contributed by atoms with E-state index in [0.29, 0.717) is 5.69 Å². The van der Waals surface area contributed by atoms with Gasteiger partial charge in [0.25, 0.3) is 0 Å².